The first-order valence-corrected chi connectivity index (χ1v) is 13.1. The van der Waals surface area contributed by atoms with Gasteiger partial charge < -0.3 is 10.2 Å². The van der Waals surface area contributed by atoms with Crippen molar-refractivity contribution in [3.63, 3.8) is 0 Å². The lowest BCUT2D eigenvalue weighted by Gasteiger charge is -2.24. The predicted molar refractivity (Wildman–Crippen MR) is 129 cm³/mol. The smallest absolute Gasteiger partial charge is 0.244 e. The zero-order valence-corrected chi connectivity index (χ0v) is 19.9. The molecule has 4 rings (SSSR count). The van der Waals surface area contributed by atoms with E-state index in [1.807, 2.05) is 31.2 Å². The van der Waals surface area contributed by atoms with E-state index in [1.165, 1.54) is 4.90 Å². The molecule has 2 aliphatic heterocycles. The number of nitrogens with zero attached hydrogens (tertiary/aromatic N) is 2. The molecule has 0 saturated carbocycles. The van der Waals surface area contributed by atoms with Crippen LogP contribution in [0.15, 0.2) is 47.4 Å². The molecule has 0 aromatic heterocycles. The Morgan fingerprint density at radius 3 is 2.42 bits per heavy atom. The zero-order valence-electron chi connectivity index (χ0n) is 19.0. The Morgan fingerprint density at radius 2 is 1.70 bits per heavy atom. The van der Waals surface area contributed by atoms with Crippen molar-refractivity contribution in [2.45, 2.75) is 56.8 Å². The van der Waals surface area contributed by atoms with Crippen LogP contribution in [0, 0.1) is 6.92 Å². The number of hydrogen-bond donors (Lipinski definition) is 1. The summed E-state index contributed by atoms with van der Waals surface area (Å²) in [6.07, 6.45) is 5.40. The number of aryl methyl sites for hydroxylation is 2. The molecule has 8 heteroatoms. The number of nitrogens with one attached hydrogen (secondary N) is 1. The van der Waals surface area contributed by atoms with Gasteiger partial charge in [-0.1, -0.05) is 31.0 Å². The summed E-state index contributed by atoms with van der Waals surface area (Å²) in [5.74, 6) is -0.413. The maximum atomic E-state index is 13.3. The predicted octanol–water partition coefficient (Wildman–Crippen LogP) is 3.87. The van der Waals surface area contributed by atoms with Gasteiger partial charge in [-0.2, -0.15) is 4.31 Å². The summed E-state index contributed by atoms with van der Waals surface area (Å²) in [6, 6.07) is 12.4. The molecule has 0 unspecified atom stereocenters. The van der Waals surface area contributed by atoms with Crippen molar-refractivity contribution in [2.24, 2.45) is 0 Å². The fourth-order valence-corrected chi connectivity index (χ4v) is 6.10. The minimum Gasteiger partial charge on any atom is -0.324 e. The summed E-state index contributed by atoms with van der Waals surface area (Å²) in [7, 11) is -3.58. The molecule has 2 aliphatic rings. The van der Waals surface area contributed by atoms with Gasteiger partial charge >= 0.3 is 0 Å². The Bertz CT molecular complexity index is 1140. The van der Waals surface area contributed by atoms with E-state index in [1.54, 1.807) is 22.5 Å². The van der Waals surface area contributed by atoms with Crippen LogP contribution in [-0.2, 0) is 26.0 Å². The molecular weight excluding hydrogens is 438 g/mol. The third kappa shape index (κ3) is 5.28. The number of amides is 2. The minimum absolute atomic E-state index is 0.113. The van der Waals surface area contributed by atoms with E-state index in [-0.39, 0.29) is 23.3 Å². The highest BCUT2D eigenvalue weighted by atomic mass is 32.2. The fourth-order valence-electron chi connectivity index (χ4n) is 4.54. The number of carbonyl (C=O) groups is 2. The number of anilines is 2. The highest BCUT2D eigenvalue weighted by molar-refractivity contribution is 7.89. The first-order valence-electron chi connectivity index (χ1n) is 11.7. The van der Waals surface area contributed by atoms with E-state index in [0.717, 1.165) is 36.8 Å². The van der Waals surface area contributed by atoms with Crippen LogP contribution in [0.2, 0.25) is 0 Å². The van der Waals surface area contributed by atoms with E-state index in [9.17, 15) is 18.0 Å². The summed E-state index contributed by atoms with van der Waals surface area (Å²) in [5.41, 5.74) is 3.06. The lowest BCUT2D eigenvalue weighted by Crippen LogP contribution is -2.38. The average molecular weight is 470 g/mol. The molecule has 0 bridgehead atoms. The number of fused-ring (bicyclic) bond motifs is 1. The Morgan fingerprint density at radius 1 is 0.970 bits per heavy atom. The molecular formula is C25H31N3O4S. The summed E-state index contributed by atoms with van der Waals surface area (Å²) >= 11 is 0. The van der Waals surface area contributed by atoms with Gasteiger partial charge in [-0.25, -0.2) is 8.42 Å². The molecule has 1 N–H and O–H groups in total. The second-order valence-corrected chi connectivity index (χ2v) is 10.7. The molecule has 0 aliphatic carbocycles. The monoisotopic (exact) mass is 469 g/mol. The average Bonchev–Trinajstić information content (AvgIpc) is 3.16. The van der Waals surface area contributed by atoms with E-state index < -0.39 is 10.0 Å². The summed E-state index contributed by atoms with van der Waals surface area (Å²) < 4.78 is 28.1. The third-order valence-corrected chi connectivity index (χ3v) is 8.30. The molecule has 1 fully saturated rings. The first kappa shape index (κ1) is 23.4. The third-order valence-electron chi connectivity index (χ3n) is 6.40. The molecule has 7 nitrogen and oxygen atoms in total. The van der Waals surface area contributed by atoms with Crippen LogP contribution in [-0.4, -0.2) is 44.2 Å². The highest BCUT2D eigenvalue weighted by Gasteiger charge is 2.29. The van der Waals surface area contributed by atoms with Crippen molar-refractivity contribution >= 4 is 33.2 Å². The molecule has 176 valence electrons. The van der Waals surface area contributed by atoms with Gasteiger partial charge in [-0.3, -0.25) is 9.59 Å². The lowest BCUT2D eigenvalue weighted by atomic mass is 10.1. The van der Waals surface area contributed by atoms with Crippen LogP contribution in [0.5, 0.6) is 0 Å². The molecule has 0 radical (unpaired) electrons. The minimum atomic E-state index is -3.58. The van der Waals surface area contributed by atoms with Crippen molar-refractivity contribution in [1.29, 1.82) is 0 Å². The molecule has 0 atom stereocenters. The van der Waals surface area contributed by atoms with Crippen LogP contribution < -0.4 is 10.2 Å². The Kier molecular flexibility index (Phi) is 7.14. The van der Waals surface area contributed by atoms with E-state index in [0.29, 0.717) is 43.7 Å². The van der Waals surface area contributed by atoms with Crippen molar-refractivity contribution in [3.05, 3.63) is 53.6 Å². The standard InChI is InChI=1S/C25H31N3O4S/c1-19-9-4-5-11-22(19)26-24(29)18-28-23-14-13-21(17-20(23)10-8-12-25(28)30)33(31,32)27-15-6-2-3-7-16-27/h4-5,9,11,13-14,17H,2-3,6-8,10,12,15-16,18H2,1H3,(H,26,29). The van der Waals surface area contributed by atoms with Gasteiger partial charge in [0.2, 0.25) is 21.8 Å². The van der Waals surface area contributed by atoms with Crippen LogP contribution in [0.3, 0.4) is 0 Å². The number of sulfonamides is 1. The van der Waals surface area contributed by atoms with Crippen molar-refractivity contribution < 1.29 is 18.0 Å². The Hall–Kier alpha value is -2.71. The number of rotatable bonds is 5. The largest absolute Gasteiger partial charge is 0.324 e. The van der Waals surface area contributed by atoms with Crippen molar-refractivity contribution in [1.82, 2.24) is 4.31 Å². The molecule has 1 saturated heterocycles. The number of benzene rings is 2. The summed E-state index contributed by atoms with van der Waals surface area (Å²) in [4.78, 5) is 27.3. The van der Waals surface area contributed by atoms with Gasteiger partial charge in [0.15, 0.2) is 0 Å². The maximum absolute atomic E-state index is 13.3. The quantitative estimate of drug-likeness (QED) is 0.720. The fraction of sp³-hybridized carbons (Fsp3) is 0.440. The van der Waals surface area contributed by atoms with Gasteiger partial charge in [-0.05, 0) is 68.0 Å². The van der Waals surface area contributed by atoms with Gasteiger partial charge in [0, 0.05) is 30.9 Å². The van der Waals surface area contributed by atoms with Crippen LogP contribution in [0.25, 0.3) is 0 Å². The first-order chi connectivity index (χ1) is 15.9. The van der Waals surface area contributed by atoms with E-state index in [2.05, 4.69) is 5.32 Å². The van der Waals surface area contributed by atoms with Crippen molar-refractivity contribution in [2.75, 3.05) is 29.9 Å². The van der Waals surface area contributed by atoms with E-state index >= 15 is 0 Å². The molecule has 33 heavy (non-hydrogen) atoms. The number of hydrogen-bond acceptors (Lipinski definition) is 4. The number of para-hydroxylation sites is 1. The second-order valence-electron chi connectivity index (χ2n) is 8.81. The van der Waals surface area contributed by atoms with Crippen LogP contribution >= 0.6 is 0 Å². The molecule has 2 heterocycles. The topological polar surface area (TPSA) is 86.8 Å². The molecule has 2 amide bonds. The van der Waals surface area contributed by atoms with Crippen molar-refractivity contribution in [3.8, 4) is 0 Å². The van der Waals surface area contributed by atoms with E-state index in [4.69, 9.17) is 0 Å². The van der Waals surface area contributed by atoms with Crippen LogP contribution in [0.4, 0.5) is 11.4 Å². The lowest BCUT2D eigenvalue weighted by molar-refractivity contribution is -0.121. The molecule has 2 aromatic carbocycles. The second kappa shape index (κ2) is 10.1. The van der Waals surface area contributed by atoms with Gasteiger partial charge in [0.05, 0.1) is 4.90 Å². The summed E-state index contributed by atoms with van der Waals surface area (Å²) in [5, 5.41) is 2.88. The SMILES string of the molecule is Cc1ccccc1NC(=O)CN1C(=O)CCCc2cc(S(=O)(=O)N3CCCCCC3)ccc21. The Balaban J connectivity index is 1.58. The van der Waals surface area contributed by atoms with Crippen LogP contribution in [0.1, 0.15) is 49.7 Å². The van der Waals surface area contributed by atoms with Gasteiger partial charge in [-0.15, -0.1) is 0 Å². The Labute approximate surface area is 195 Å². The van der Waals surface area contributed by atoms with Gasteiger partial charge in [0.25, 0.3) is 0 Å². The maximum Gasteiger partial charge on any atom is 0.244 e. The highest BCUT2D eigenvalue weighted by Crippen LogP contribution is 2.31. The normalized spacial score (nSPS) is 17.7. The summed E-state index contributed by atoms with van der Waals surface area (Å²) in [6.45, 7) is 2.89. The zero-order chi connectivity index (χ0) is 23.4. The number of carbonyl (C=O) groups excluding carboxylic acids is 2. The molecule has 2 aromatic rings. The van der Waals surface area contributed by atoms with Gasteiger partial charge in [0.1, 0.15) is 6.54 Å². The molecule has 0 spiro atoms.